The molecule has 0 aliphatic carbocycles. The highest BCUT2D eigenvalue weighted by atomic mass is 16.5. The normalized spacial score (nSPS) is 11.4. The van der Waals surface area contributed by atoms with Crippen LogP contribution in [-0.2, 0) is 9.53 Å². The summed E-state index contributed by atoms with van der Waals surface area (Å²) in [7, 11) is 0. The summed E-state index contributed by atoms with van der Waals surface area (Å²) in [5, 5.41) is 13.9. The van der Waals surface area contributed by atoms with Crippen molar-refractivity contribution in [1.82, 2.24) is 5.32 Å². The number of carbonyl (C=O) groups excluding carboxylic acids is 1. The quantitative estimate of drug-likeness (QED) is 0.176. The van der Waals surface area contributed by atoms with Crippen LogP contribution in [0.25, 0.3) is 0 Å². The van der Waals surface area contributed by atoms with Crippen LogP contribution in [0.15, 0.2) is 5.16 Å². The average molecular weight is 231 g/mol. The van der Waals surface area contributed by atoms with Gasteiger partial charge >= 0.3 is 0 Å². The molecule has 0 rings (SSSR count). The minimum Gasteiger partial charge on any atom is -0.409 e. The van der Waals surface area contributed by atoms with Crippen LogP contribution in [0.4, 0.5) is 0 Å². The van der Waals surface area contributed by atoms with Crippen molar-refractivity contribution in [2.75, 3.05) is 19.8 Å². The number of nitrogens with two attached hydrogens (primary N) is 1. The smallest absolute Gasteiger partial charge is 0.245 e. The molecule has 6 nitrogen and oxygen atoms in total. The van der Waals surface area contributed by atoms with Gasteiger partial charge in [0, 0.05) is 19.6 Å². The van der Waals surface area contributed by atoms with E-state index in [2.05, 4.69) is 10.5 Å². The molecule has 0 aliphatic rings. The summed E-state index contributed by atoms with van der Waals surface area (Å²) in [4.78, 5) is 11.1. The van der Waals surface area contributed by atoms with Gasteiger partial charge in [-0.05, 0) is 19.3 Å². The number of hydrogen-bond donors (Lipinski definition) is 3. The van der Waals surface area contributed by atoms with E-state index in [4.69, 9.17) is 15.7 Å². The molecule has 0 heterocycles. The molecule has 4 N–H and O–H groups in total. The average Bonchev–Trinajstić information content (AvgIpc) is 2.28. The van der Waals surface area contributed by atoms with Crippen molar-refractivity contribution in [2.45, 2.75) is 32.6 Å². The number of nitrogens with one attached hydrogen (secondary N) is 1. The molecule has 0 unspecified atom stereocenters. The van der Waals surface area contributed by atoms with Crippen LogP contribution >= 0.6 is 0 Å². The molecule has 0 saturated heterocycles. The minimum atomic E-state index is -0.0998. The Balaban J connectivity index is 3.28. The van der Waals surface area contributed by atoms with Gasteiger partial charge in [0.25, 0.3) is 0 Å². The zero-order valence-electron chi connectivity index (χ0n) is 9.74. The van der Waals surface area contributed by atoms with Crippen molar-refractivity contribution >= 4 is 11.7 Å². The second-order valence-electron chi connectivity index (χ2n) is 3.45. The fourth-order valence-electron chi connectivity index (χ4n) is 1.07. The highest BCUT2D eigenvalue weighted by molar-refractivity contribution is 5.79. The second kappa shape index (κ2) is 10.2. The molecule has 16 heavy (non-hydrogen) atoms. The zero-order valence-corrected chi connectivity index (χ0v) is 9.74. The first kappa shape index (κ1) is 14.7. The third-order valence-electron chi connectivity index (χ3n) is 1.89. The lowest BCUT2D eigenvalue weighted by atomic mass is 10.2. The number of ether oxygens (including phenoxy) is 1. The van der Waals surface area contributed by atoms with Gasteiger partial charge in [0.1, 0.15) is 12.4 Å². The number of nitrogens with zero attached hydrogens (tertiary/aromatic N) is 1. The largest absolute Gasteiger partial charge is 0.409 e. The van der Waals surface area contributed by atoms with Crippen molar-refractivity contribution in [3.8, 4) is 0 Å². The summed E-state index contributed by atoms with van der Waals surface area (Å²) in [6, 6.07) is 0. The first-order valence-corrected chi connectivity index (χ1v) is 5.51. The summed E-state index contributed by atoms with van der Waals surface area (Å²) < 4.78 is 5.07. The van der Waals surface area contributed by atoms with E-state index >= 15 is 0 Å². The van der Waals surface area contributed by atoms with E-state index < -0.39 is 0 Å². The number of oxime groups is 1. The van der Waals surface area contributed by atoms with E-state index in [-0.39, 0.29) is 18.3 Å². The molecule has 0 radical (unpaired) electrons. The number of rotatable bonds is 9. The Bertz CT molecular complexity index is 219. The van der Waals surface area contributed by atoms with Crippen molar-refractivity contribution in [3.05, 3.63) is 0 Å². The van der Waals surface area contributed by atoms with Crippen LogP contribution in [0.1, 0.15) is 32.6 Å². The SMILES string of the molecule is CCCOCC(=O)NCCCCC(N)=NO. The predicted molar refractivity (Wildman–Crippen MR) is 61.4 cm³/mol. The summed E-state index contributed by atoms with van der Waals surface area (Å²) in [5.41, 5.74) is 5.29. The lowest BCUT2D eigenvalue weighted by molar-refractivity contribution is -0.125. The van der Waals surface area contributed by atoms with Crippen molar-refractivity contribution in [1.29, 1.82) is 0 Å². The third kappa shape index (κ3) is 9.26. The monoisotopic (exact) mass is 231 g/mol. The summed E-state index contributed by atoms with van der Waals surface area (Å²) >= 11 is 0. The molecule has 0 aromatic heterocycles. The molecular formula is C10H21N3O3. The summed E-state index contributed by atoms with van der Waals surface area (Å²) in [6.45, 7) is 3.31. The van der Waals surface area contributed by atoms with E-state index in [1.54, 1.807) is 0 Å². The maximum atomic E-state index is 11.1. The molecule has 94 valence electrons. The minimum absolute atomic E-state index is 0.0998. The summed E-state index contributed by atoms with van der Waals surface area (Å²) in [5.74, 6) is 0.120. The Morgan fingerprint density at radius 1 is 1.50 bits per heavy atom. The number of unbranched alkanes of at least 4 members (excludes halogenated alkanes) is 1. The van der Waals surface area contributed by atoms with Gasteiger partial charge in [0.05, 0.1) is 0 Å². The Hall–Kier alpha value is -1.30. The maximum Gasteiger partial charge on any atom is 0.245 e. The zero-order chi connectivity index (χ0) is 12.2. The summed E-state index contributed by atoms with van der Waals surface area (Å²) in [6.07, 6.45) is 3.04. The molecule has 0 aromatic rings. The van der Waals surface area contributed by atoms with Gasteiger partial charge in [0.2, 0.25) is 5.91 Å². The Morgan fingerprint density at radius 3 is 2.88 bits per heavy atom. The first-order chi connectivity index (χ1) is 7.70. The lowest BCUT2D eigenvalue weighted by Gasteiger charge is -2.05. The number of hydrogen-bond acceptors (Lipinski definition) is 4. The molecule has 1 amide bonds. The third-order valence-corrected chi connectivity index (χ3v) is 1.89. The standard InChI is InChI=1S/C10H21N3O3/c1-2-7-16-8-10(14)12-6-4-3-5-9(11)13-15/h15H,2-8H2,1H3,(H2,11,13)(H,12,14). The van der Waals surface area contributed by atoms with Crippen LogP contribution in [0.2, 0.25) is 0 Å². The topological polar surface area (TPSA) is 96.9 Å². The van der Waals surface area contributed by atoms with Gasteiger partial charge in [-0.2, -0.15) is 0 Å². The van der Waals surface area contributed by atoms with E-state index in [1.165, 1.54) is 0 Å². The van der Waals surface area contributed by atoms with Crippen molar-refractivity contribution < 1.29 is 14.7 Å². The van der Waals surface area contributed by atoms with Gasteiger partial charge in [0.15, 0.2) is 0 Å². The van der Waals surface area contributed by atoms with Crippen LogP contribution in [-0.4, -0.2) is 36.7 Å². The van der Waals surface area contributed by atoms with E-state index in [0.717, 1.165) is 19.3 Å². The van der Waals surface area contributed by atoms with Gasteiger partial charge in [-0.15, -0.1) is 0 Å². The van der Waals surface area contributed by atoms with Gasteiger partial charge < -0.3 is 21.0 Å². The fourth-order valence-corrected chi connectivity index (χ4v) is 1.07. The predicted octanol–water partition coefficient (Wildman–Crippen LogP) is 0.446. The van der Waals surface area contributed by atoms with Gasteiger partial charge in [-0.1, -0.05) is 12.1 Å². The Morgan fingerprint density at radius 2 is 2.25 bits per heavy atom. The Labute approximate surface area is 95.8 Å². The van der Waals surface area contributed by atoms with Crippen LogP contribution in [0.5, 0.6) is 0 Å². The fraction of sp³-hybridized carbons (Fsp3) is 0.800. The van der Waals surface area contributed by atoms with E-state index in [1.807, 2.05) is 6.92 Å². The molecule has 0 spiro atoms. The maximum absolute atomic E-state index is 11.1. The van der Waals surface area contributed by atoms with E-state index in [9.17, 15) is 4.79 Å². The first-order valence-electron chi connectivity index (χ1n) is 5.51. The molecule has 0 fully saturated rings. The number of amidine groups is 1. The Kier molecular flexibility index (Phi) is 9.39. The number of amides is 1. The highest BCUT2D eigenvalue weighted by Gasteiger charge is 2.00. The highest BCUT2D eigenvalue weighted by Crippen LogP contribution is 1.93. The lowest BCUT2D eigenvalue weighted by Crippen LogP contribution is -2.28. The van der Waals surface area contributed by atoms with Gasteiger partial charge in [-0.3, -0.25) is 4.79 Å². The molecule has 0 aromatic carbocycles. The second-order valence-corrected chi connectivity index (χ2v) is 3.45. The molecule has 6 heteroatoms. The molecule has 0 saturated carbocycles. The van der Waals surface area contributed by atoms with E-state index in [0.29, 0.717) is 19.6 Å². The van der Waals surface area contributed by atoms with Crippen LogP contribution in [0, 0.1) is 0 Å². The molecular weight excluding hydrogens is 210 g/mol. The van der Waals surface area contributed by atoms with Crippen molar-refractivity contribution in [3.63, 3.8) is 0 Å². The van der Waals surface area contributed by atoms with Crippen LogP contribution < -0.4 is 11.1 Å². The van der Waals surface area contributed by atoms with Crippen molar-refractivity contribution in [2.24, 2.45) is 10.9 Å². The van der Waals surface area contributed by atoms with Gasteiger partial charge in [-0.25, -0.2) is 0 Å². The molecule has 0 atom stereocenters. The molecule has 0 bridgehead atoms. The number of carbonyl (C=O) groups is 1. The van der Waals surface area contributed by atoms with Crippen LogP contribution in [0.3, 0.4) is 0 Å². The molecule has 0 aliphatic heterocycles.